The lowest BCUT2D eigenvalue weighted by Crippen LogP contribution is -2.46. The summed E-state index contributed by atoms with van der Waals surface area (Å²) in [5, 5.41) is 3.55. The van der Waals surface area contributed by atoms with E-state index in [4.69, 9.17) is 17.0 Å². The molecule has 0 unspecified atom stereocenters. The lowest BCUT2D eigenvalue weighted by Gasteiger charge is -2.36. The van der Waals surface area contributed by atoms with E-state index < -0.39 is 0 Å². The Balaban J connectivity index is 1.56. The molecule has 2 N–H and O–H groups in total. The fraction of sp³-hybridized carbons (Fsp3) is 0.400. The van der Waals surface area contributed by atoms with Crippen molar-refractivity contribution in [3.05, 3.63) is 63.2 Å². The molecule has 1 aromatic heterocycles. The molecule has 34 heavy (non-hydrogen) atoms. The van der Waals surface area contributed by atoms with Crippen LogP contribution in [0.2, 0.25) is 0 Å². The van der Waals surface area contributed by atoms with Gasteiger partial charge in [0.1, 0.15) is 0 Å². The Kier molecular flexibility index (Phi) is 7.77. The summed E-state index contributed by atoms with van der Waals surface area (Å²) in [7, 11) is 1.63. The van der Waals surface area contributed by atoms with Crippen molar-refractivity contribution in [2.45, 2.75) is 19.9 Å². The van der Waals surface area contributed by atoms with Gasteiger partial charge in [-0.1, -0.05) is 19.1 Å². The second-order valence-corrected chi connectivity index (χ2v) is 8.77. The number of hydrogen-bond acceptors (Lipinski definition) is 6. The highest BCUT2D eigenvalue weighted by Crippen LogP contribution is 2.27. The number of carbonyl (C=O) groups excluding carboxylic acids is 1. The Bertz CT molecular complexity index is 1280. The van der Waals surface area contributed by atoms with Crippen LogP contribution in [0.4, 0.5) is 11.4 Å². The first-order chi connectivity index (χ1) is 16.5. The zero-order valence-corrected chi connectivity index (χ0v) is 20.5. The number of aromatic amines is 1. The largest absolute Gasteiger partial charge is 0.385 e. The number of hydrogen-bond donors (Lipinski definition) is 2. The lowest BCUT2D eigenvalue weighted by atomic mass is 10.1. The summed E-state index contributed by atoms with van der Waals surface area (Å²) >= 11 is 5.39. The van der Waals surface area contributed by atoms with Gasteiger partial charge >= 0.3 is 0 Å². The molecule has 0 atom stereocenters. The summed E-state index contributed by atoms with van der Waals surface area (Å²) in [6.07, 6.45) is 0.687. The number of benzene rings is 2. The Hall–Kier alpha value is -3.01. The van der Waals surface area contributed by atoms with Crippen LogP contribution in [0.1, 0.15) is 23.7 Å². The normalized spacial score (nSPS) is 14.5. The number of para-hydroxylation sites is 2. The molecule has 1 fully saturated rings. The molecule has 1 saturated heterocycles. The average Bonchev–Trinajstić information content (AvgIpc) is 2.86. The van der Waals surface area contributed by atoms with Gasteiger partial charge in [0, 0.05) is 52.0 Å². The van der Waals surface area contributed by atoms with Crippen LogP contribution in [0.25, 0.3) is 10.9 Å². The molecule has 2 aromatic carbocycles. The van der Waals surface area contributed by atoms with E-state index in [9.17, 15) is 9.59 Å². The van der Waals surface area contributed by atoms with E-state index in [-0.39, 0.29) is 11.5 Å². The van der Waals surface area contributed by atoms with Crippen LogP contribution in [0.5, 0.6) is 0 Å². The van der Waals surface area contributed by atoms with E-state index in [1.807, 2.05) is 24.3 Å². The van der Waals surface area contributed by atoms with Gasteiger partial charge in [0.15, 0.2) is 4.77 Å². The molecule has 0 saturated carbocycles. The number of nitrogens with zero attached hydrogens (tertiary/aromatic N) is 3. The lowest BCUT2D eigenvalue weighted by molar-refractivity contribution is 0.102. The highest BCUT2D eigenvalue weighted by Gasteiger charge is 2.19. The highest BCUT2D eigenvalue weighted by atomic mass is 32.1. The predicted molar refractivity (Wildman–Crippen MR) is 139 cm³/mol. The molecule has 1 aliphatic heterocycles. The van der Waals surface area contributed by atoms with E-state index in [0.29, 0.717) is 40.8 Å². The number of ether oxygens (including phenoxy) is 1. The molecule has 4 rings (SSSR count). The highest BCUT2D eigenvalue weighted by molar-refractivity contribution is 7.71. The first-order valence-electron chi connectivity index (χ1n) is 11.6. The van der Waals surface area contributed by atoms with Crippen molar-refractivity contribution >= 4 is 40.4 Å². The number of aromatic nitrogens is 2. The summed E-state index contributed by atoms with van der Waals surface area (Å²) in [4.78, 5) is 33.9. The zero-order chi connectivity index (χ0) is 24.1. The van der Waals surface area contributed by atoms with Crippen LogP contribution >= 0.6 is 12.2 Å². The van der Waals surface area contributed by atoms with Crippen LogP contribution in [0, 0.1) is 4.77 Å². The summed E-state index contributed by atoms with van der Waals surface area (Å²) in [5.41, 5.74) is 2.64. The van der Waals surface area contributed by atoms with Crippen molar-refractivity contribution < 1.29 is 9.53 Å². The van der Waals surface area contributed by atoms with Crippen LogP contribution < -0.4 is 15.8 Å². The summed E-state index contributed by atoms with van der Waals surface area (Å²) < 4.78 is 6.94. The van der Waals surface area contributed by atoms with Crippen molar-refractivity contribution in [1.82, 2.24) is 14.5 Å². The quantitative estimate of drug-likeness (QED) is 0.379. The van der Waals surface area contributed by atoms with Crippen LogP contribution in [-0.2, 0) is 11.3 Å². The Morgan fingerprint density at radius 2 is 1.91 bits per heavy atom. The number of nitrogens with one attached hydrogen (secondary N) is 2. The van der Waals surface area contributed by atoms with Crippen molar-refractivity contribution in [2.24, 2.45) is 0 Å². The number of rotatable bonds is 8. The molecule has 0 aliphatic carbocycles. The molecule has 8 nitrogen and oxygen atoms in total. The number of anilines is 2. The molecule has 0 spiro atoms. The van der Waals surface area contributed by atoms with Gasteiger partial charge in [-0.25, -0.2) is 0 Å². The third kappa shape index (κ3) is 5.22. The van der Waals surface area contributed by atoms with Gasteiger partial charge in [-0.3, -0.25) is 14.2 Å². The van der Waals surface area contributed by atoms with E-state index in [0.717, 1.165) is 44.1 Å². The maximum absolute atomic E-state index is 13.1. The van der Waals surface area contributed by atoms with Gasteiger partial charge in [-0.05, 0) is 55.5 Å². The van der Waals surface area contributed by atoms with Gasteiger partial charge in [0.05, 0.1) is 22.3 Å². The molecular formula is C25H31N5O3S. The van der Waals surface area contributed by atoms with Gasteiger partial charge in [0.2, 0.25) is 0 Å². The smallest absolute Gasteiger partial charge is 0.262 e. The molecule has 2 heterocycles. The van der Waals surface area contributed by atoms with Crippen LogP contribution in [0.15, 0.2) is 47.3 Å². The molecule has 1 aliphatic rings. The Morgan fingerprint density at radius 1 is 1.15 bits per heavy atom. The summed E-state index contributed by atoms with van der Waals surface area (Å²) in [5.74, 6) is -0.231. The molecule has 0 bridgehead atoms. The van der Waals surface area contributed by atoms with Crippen LogP contribution in [-0.4, -0.2) is 66.8 Å². The minimum Gasteiger partial charge on any atom is -0.385 e. The number of fused-ring (bicyclic) bond motifs is 1. The number of H-pyrrole nitrogens is 1. The third-order valence-electron chi connectivity index (χ3n) is 6.29. The first-order valence-corrected chi connectivity index (χ1v) is 12.1. The molecule has 3 aromatic rings. The number of carbonyl (C=O) groups is 1. The number of piperazine rings is 1. The van der Waals surface area contributed by atoms with Gasteiger partial charge in [0.25, 0.3) is 11.5 Å². The van der Waals surface area contributed by atoms with E-state index in [1.54, 1.807) is 25.3 Å². The van der Waals surface area contributed by atoms with E-state index >= 15 is 0 Å². The van der Waals surface area contributed by atoms with E-state index in [1.165, 1.54) is 4.57 Å². The van der Waals surface area contributed by atoms with Gasteiger partial charge in [-0.2, -0.15) is 0 Å². The molecule has 180 valence electrons. The van der Waals surface area contributed by atoms with Gasteiger partial charge < -0.3 is 24.8 Å². The zero-order valence-electron chi connectivity index (χ0n) is 19.7. The summed E-state index contributed by atoms with van der Waals surface area (Å²) in [6.45, 7) is 8.11. The van der Waals surface area contributed by atoms with Crippen LogP contribution in [0.3, 0.4) is 0 Å². The number of methoxy groups -OCH3 is 1. The second kappa shape index (κ2) is 10.9. The van der Waals surface area contributed by atoms with Crippen molar-refractivity contribution in [1.29, 1.82) is 0 Å². The first kappa shape index (κ1) is 24.1. The predicted octanol–water partition coefficient (Wildman–Crippen LogP) is 3.49. The minimum atomic E-state index is -0.231. The SMILES string of the molecule is CCN1CCN(c2ccccc2NC(=O)c2ccc3c(=O)n(CCCOC)c(=S)[nH]c3c2)CC1. The average molecular weight is 482 g/mol. The fourth-order valence-electron chi connectivity index (χ4n) is 4.32. The summed E-state index contributed by atoms with van der Waals surface area (Å²) in [6, 6.07) is 12.9. The third-order valence-corrected chi connectivity index (χ3v) is 6.61. The Morgan fingerprint density at radius 3 is 2.65 bits per heavy atom. The number of likely N-dealkylation sites (N-methyl/N-ethyl adjacent to an activating group) is 1. The molecule has 1 amide bonds. The standard InChI is InChI=1S/C25H31N5O3S/c1-3-28-12-14-29(15-13-28)22-8-5-4-7-20(22)26-23(31)18-9-10-19-21(17-18)27-25(34)30(24(19)32)11-6-16-33-2/h4-5,7-10,17H,3,6,11-16H2,1-2H3,(H,26,31)(H,27,34). The maximum Gasteiger partial charge on any atom is 0.262 e. The topological polar surface area (TPSA) is 82.6 Å². The van der Waals surface area contributed by atoms with Gasteiger partial charge in [-0.15, -0.1) is 0 Å². The van der Waals surface area contributed by atoms with Crippen molar-refractivity contribution in [3.63, 3.8) is 0 Å². The fourth-order valence-corrected chi connectivity index (χ4v) is 4.60. The van der Waals surface area contributed by atoms with Crippen molar-refractivity contribution in [3.8, 4) is 0 Å². The Labute approximate surface area is 204 Å². The minimum absolute atomic E-state index is 0.168. The van der Waals surface area contributed by atoms with E-state index in [2.05, 4.69) is 27.0 Å². The monoisotopic (exact) mass is 481 g/mol. The molecular weight excluding hydrogens is 450 g/mol. The molecule has 0 radical (unpaired) electrons. The van der Waals surface area contributed by atoms with Crippen molar-refractivity contribution in [2.75, 3.05) is 56.7 Å². The molecule has 9 heteroatoms. The number of amides is 1. The second-order valence-electron chi connectivity index (χ2n) is 8.39. The maximum atomic E-state index is 13.1.